The molecule has 0 fully saturated rings. The average Bonchev–Trinajstić information content (AvgIpc) is 3.16. The van der Waals surface area contributed by atoms with Crippen LogP contribution in [0.3, 0.4) is 0 Å². The van der Waals surface area contributed by atoms with Crippen molar-refractivity contribution in [2.75, 3.05) is 13.2 Å². The second kappa shape index (κ2) is 10.6. The lowest BCUT2D eigenvalue weighted by Crippen LogP contribution is -2.17. The molecule has 33 heavy (non-hydrogen) atoms. The second-order valence-corrected chi connectivity index (χ2v) is 8.27. The van der Waals surface area contributed by atoms with E-state index in [9.17, 15) is 9.90 Å². The fraction of sp³-hybridized carbons (Fsp3) is 0.120. The van der Waals surface area contributed by atoms with E-state index in [4.69, 9.17) is 9.57 Å². The molecule has 168 valence electrons. The average molecular weight is 462 g/mol. The van der Waals surface area contributed by atoms with E-state index < -0.39 is 0 Å². The van der Waals surface area contributed by atoms with Crippen LogP contribution < -0.4 is 15.1 Å². The predicted octanol–water partition coefficient (Wildman–Crippen LogP) is 4.37. The van der Waals surface area contributed by atoms with Crippen molar-refractivity contribution >= 4 is 17.0 Å². The molecule has 2 aromatic heterocycles. The van der Waals surface area contributed by atoms with E-state index in [1.165, 1.54) is 0 Å². The minimum atomic E-state index is -0.263. The van der Waals surface area contributed by atoms with Gasteiger partial charge in [-0.2, -0.15) is 0 Å². The fourth-order valence-electron chi connectivity index (χ4n) is 3.17. The number of rotatable bonds is 10. The zero-order valence-electron chi connectivity index (χ0n) is 17.8. The van der Waals surface area contributed by atoms with Crippen LogP contribution in [-0.2, 0) is 11.3 Å². The molecule has 0 spiro atoms. The lowest BCUT2D eigenvalue weighted by atomic mass is 10.0. The van der Waals surface area contributed by atoms with Gasteiger partial charge in [0, 0.05) is 18.8 Å². The van der Waals surface area contributed by atoms with Gasteiger partial charge in [0.15, 0.2) is 0 Å². The first-order valence-corrected chi connectivity index (χ1v) is 11.1. The number of benzene rings is 2. The van der Waals surface area contributed by atoms with Gasteiger partial charge in [0.1, 0.15) is 19.0 Å². The van der Waals surface area contributed by atoms with Crippen molar-refractivity contribution in [2.45, 2.75) is 6.42 Å². The number of hydrogen-bond acceptors (Lipinski definition) is 7. The first-order chi connectivity index (χ1) is 16.1. The second-order valence-electron chi connectivity index (χ2n) is 7.20. The molecular formula is C25H23N3O4S. The summed E-state index contributed by atoms with van der Waals surface area (Å²) in [4.78, 5) is 23.5. The van der Waals surface area contributed by atoms with Crippen molar-refractivity contribution in [2.24, 2.45) is 0 Å². The van der Waals surface area contributed by atoms with Gasteiger partial charge in [0.2, 0.25) is 5.88 Å². The lowest BCUT2D eigenvalue weighted by Gasteiger charge is -2.12. The molecule has 0 aliphatic rings. The molecule has 0 amide bonds. The topological polar surface area (TPSA) is 96.5 Å². The Bertz CT molecular complexity index is 1250. The number of aromatic hydroxyl groups is 1. The first kappa shape index (κ1) is 22.3. The Morgan fingerprint density at radius 1 is 1.00 bits per heavy atom. The number of hydroxylamine groups is 1. The molecule has 4 aromatic rings. The van der Waals surface area contributed by atoms with Gasteiger partial charge in [0.05, 0.1) is 10.6 Å². The van der Waals surface area contributed by atoms with E-state index in [2.05, 4.69) is 22.0 Å². The van der Waals surface area contributed by atoms with Crippen molar-refractivity contribution in [3.8, 4) is 22.8 Å². The lowest BCUT2D eigenvalue weighted by molar-refractivity contribution is 0.0541. The van der Waals surface area contributed by atoms with Crippen LogP contribution in [0.4, 0.5) is 0 Å². The van der Waals surface area contributed by atoms with Gasteiger partial charge in [-0.15, -0.1) is 0 Å². The predicted molar refractivity (Wildman–Crippen MR) is 129 cm³/mol. The Labute approximate surface area is 195 Å². The quantitative estimate of drug-likeness (QED) is 0.240. The van der Waals surface area contributed by atoms with E-state index in [0.29, 0.717) is 36.0 Å². The molecule has 0 bridgehead atoms. The number of hydrogen-bond donors (Lipinski definition) is 3. The number of ether oxygens (including phenoxy) is 1. The number of nitrogens with one attached hydrogen (secondary N) is 2. The highest BCUT2D eigenvalue weighted by atomic mass is 32.1. The molecule has 0 saturated heterocycles. The Balaban J connectivity index is 1.18. The molecule has 4 rings (SSSR count). The van der Waals surface area contributed by atoms with Crippen LogP contribution in [0.5, 0.6) is 11.6 Å². The number of pyridine rings is 1. The number of aromatic nitrogens is 2. The molecule has 2 heterocycles. The van der Waals surface area contributed by atoms with Crippen molar-refractivity contribution in [1.82, 2.24) is 15.4 Å². The summed E-state index contributed by atoms with van der Waals surface area (Å²) >= 11 is 1.01. The minimum absolute atomic E-state index is 0.0683. The van der Waals surface area contributed by atoms with Crippen LogP contribution in [0, 0.1) is 0 Å². The molecular weight excluding hydrogens is 438 g/mol. The third kappa shape index (κ3) is 6.09. The van der Waals surface area contributed by atoms with E-state index in [1.807, 2.05) is 60.7 Å². The molecule has 0 aliphatic heterocycles. The molecule has 8 heteroatoms. The molecule has 3 N–H and O–H groups in total. The molecule has 0 unspecified atom stereocenters. The monoisotopic (exact) mass is 461 g/mol. The molecule has 0 atom stereocenters. The summed E-state index contributed by atoms with van der Waals surface area (Å²) in [7, 11) is 0. The summed E-state index contributed by atoms with van der Waals surface area (Å²) in [6.07, 6.45) is 4.02. The van der Waals surface area contributed by atoms with Gasteiger partial charge in [-0.25, -0.2) is 0 Å². The molecule has 0 aliphatic carbocycles. The summed E-state index contributed by atoms with van der Waals surface area (Å²) < 4.78 is 5.69. The van der Waals surface area contributed by atoms with Gasteiger partial charge >= 0.3 is 4.87 Å². The maximum Gasteiger partial charge on any atom is 0.307 e. The number of aromatic amines is 1. The first-order valence-electron chi connectivity index (χ1n) is 10.3. The summed E-state index contributed by atoms with van der Waals surface area (Å²) in [6, 6.07) is 19.5. The summed E-state index contributed by atoms with van der Waals surface area (Å²) in [5, 5.41) is 9.69. The smallest absolute Gasteiger partial charge is 0.307 e. The maximum absolute atomic E-state index is 11.3. The van der Waals surface area contributed by atoms with Crippen LogP contribution in [0.15, 0.2) is 84.4 Å². The Morgan fingerprint density at radius 2 is 1.70 bits per heavy atom. The van der Waals surface area contributed by atoms with Gasteiger partial charge < -0.3 is 9.84 Å². The number of nitrogens with zero attached hydrogens (tertiary/aromatic N) is 1. The van der Waals surface area contributed by atoms with Crippen LogP contribution in [0.1, 0.15) is 16.0 Å². The van der Waals surface area contributed by atoms with Crippen molar-refractivity contribution in [3.63, 3.8) is 0 Å². The Morgan fingerprint density at radius 3 is 2.36 bits per heavy atom. The fourth-order valence-corrected chi connectivity index (χ4v) is 3.93. The van der Waals surface area contributed by atoms with Gasteiger partial charge in [-0.1, -0.05) is 54.3 Å². The Kier molecular flexibility index (Phi) is 7.19. The van der Waals surface area contributed by atoms with Gasteiger partial charge in [-0.05, 0) is 46.5 Å². The largest absolute Gasteiger partial charge is 0.494 e. The highest BCUT2D eigenvalue weighted by Gasteiger charge is 2.08. The number of H-pyrrole nitrogens is 1. The standard InChI is InChI=1S/C25H23N3O4S/c1-17(19-4-6-20(7-5-19)21-10-12-26-13-11-21)28-32-15-14-31-22-8-2-18(3-9-22)16-23-24(29)27-25(30)33-23/h2-13,28-29H,1,14-16H2,(H,27,30). The van der Waals surface area contributed by atoms with Crippen molar-refractivity contribution in [1.29, 1.82) is 0 Å². The van der Waals surface area contributed by atoms with E-state index in [0.717, 1.165) is 33.6 Å². The van der Waals surface area contributed by atoms with Crippen molar-refractivity contribution < 1.29 is 14.7 Å². The summed E-state index contributed by atoms with van der Waals surface area (Å²) in [6.45, 7) is 4.71. The molecule has 0 radical (unpaired) electrons. The SMILES string of the molecule is C=C(NOCCOc1ccc(Cc2sc(=O)[nH]c2O)cc1)c1ccc(-c2ccncc2)cc1. The zero-order valence-corrected chi connectivity index (χ0v) is 18.6. The van der Waals surface area contributed by atoms with E-state index in [1.54, 1.807) is 12.4 Å². The van der Waals surface area contributed by atoms with Crippen LogP contribution in [0.25, 0.3) is 16.8 Å². The van der Waals surface area contributed by atoms with Crippen LogP contribution >= 0.6 is 11.3 Å². The van der Waals surface area contributed by atoms with Gasteiger partial charge in [0.25, 0.3) is 0 Å². The third-order valence-corrected chi connectivity index (χ3v) is 5.76. The number of thiazole rings is 1. The van der Waals surface area contributed by atoms with E-state index in [-0.39, 0.29) is 10.8 Å². The highest BCUT2D eigenvalue weighted by Crippen LogP contribution is 2.22. The minimum Gasteiger partial charge on any atom is -0.494 e. The van der Waals surface area contributed by atoms with Gasteiger partial charge in [-0.3, -0.25) is 25.1 Å². The van der Waals surface area contributed by atoms with Crippen LogP contribution in [0.2, 0.25) is 0 Å². The zero-order chi connectivity index (χ0) is 23.0. The summed E-state index contributed by atoms with van der Waals surface area (Å²) in [5.41, 5.74) is 7.63. The van der Waals surface area contributed by atoms with Crippen molar-refractivity contribution in [3.05, 3.63) is 105 Å². The molecule has 7 nitrogen and oxygen atoms in total. The summed E-state index contributed by atoms with van der Waals surface area (Å²) in [5.74, 6) is 0.639. The Hall–Kier alpha value is -3.88. The molecule has 0 saturated carbocycles. The molecule has 2 aromatic carbocycles. The normalized spacial score (nSPS) is 10.7. The maximum atomic E-state index is 11.3. The highest BCUT2D eigenvalue weighted by molar-refractivity contribution is 7.09. The van der Waals surface area contributed by atoms with E-state index >= 15 is 0 Å². The van der Waals surface area contributed by atoms with Crippen LogP contribution in [-0.4, -0.2) is 28.3 Å². The third-order valence-electron chi connectivity index (χ3n) is 4.89.